The molecule has 21 heavy (non-hydrogen) atoms. The Morgan fingerprint density at radius 2 is 2.00 bits per heavy atom. The number of rotatable bonds is 5. The van der Waals surface area contributed by atoms with Crippen LogP contribution < -0.4 is 0 Å². The second-order valence-electron chi connectivity index (χ2n) is 6.29. The number of nitrogens with zero attached hydrogens (tertiary/aromatic N) is 2. The quantitative estimate of drug-likeness (QED) is 0.902. The predicted molar refractivity (Wildman–Crippen MR) is 82.1 cm³/mol. The molecule has 1 N–H and O–H groups in total. The first-order valence-electron chi connectivity index (χ1n) is 7.96. The van der Waals surface area contributed by atoms with Gasteiger partial charge in [0.2, 0.25) is 0 Å². The van der Waals surface area contributed by atoms with E-state index < -0.39 is 5.97 Å². The first kappa shape index (κ1) is 14.5. The minimum Gasteiger partial charge on any atom is -0.481 e. The van der Waals surface area contributed by atoms with Gasteiger partial charge < -0.3 is 5.11 Å². The third kappa shape index (κ3) is 3.63. The Kier molecular flexibility index (Phi) is 4.56. The van der Waals surface area contributed by atoms with E-state index in [1.807, 2.05) is 0 Å². The van der Waals surface area contributed by atoms with Gasteiger partial charge in [0.25, 0.3) is 0 Å². The Morgan fingerprint density at radius 3 is 2.76 bits per heavy atom. The zero-order valence-electron chi connectivity index (χ0n) is 12.4. The Hall–Kier alpha value is -1.39. The summed E-state index contributed by atoms with van der Waals surface area (Å²) in [5.41, 5.74) is 1.36. The predicted octanol–water partition coefficient (Wildman–Crippen LogP) is 2.20. The van der Waals surface area contributed by atoms with E-state index in [9.17, 15) is 4.79 Å². The van der Waals surface area contributed by atoms with Crippen molar-refractivity contribution in [2.75, 3.05) is 19.6 Å². The normalized spacial score (nSPS) is 27.2. The molecule has 2 fully saturated rings. The number of carboxylic acids is 1. The maximum Gasteiger partial charge on any atom is 0.304 e. The van der Waals surface area contributed by atoms with E-state index in [4.69, 9.17) is 5.11 Å². The standard InChI is InChI=1S/C17H24N2O2/c20-17(21)11-15-7-4-9-19(15)16-8-10-18(13-16)12-14-5-2-1-3-6-14/h1-3,5-6,15-16H,4,7-13H2,(H,20,21). The molecule has 3 rings (SSSR count). The fourth-order valence-corrected chi connectivity index (χ4v) is 3.83. The summed E-state index contributed by atoms with van der Waals surface area (Å²) in [4.78, 5) is 15.9. The van der Waals surface area contributed by atoms with Gasteiger partial charge >= 0.3 is 5.97 Å². The zero-order valence-corrected chi connectivity index (χ0v) is 12.4. The summed E-state index contributed by atoms with van der Waals surface area (Å²) in [6.45, 7) is 4.28. The molecule has 2 aliphatic heterocycles. The SMILES string of the molecule is O=C(O)CC1CCCN1C1CCN(Cc2ccccc2)C1. The van der Waals surface area contributed by atoms with Crippen molar-refractivity contribution in [3.63, 3.8) is 0 Å². The molecule has 0 spiro atoms. The number of carbonyl (C=O) groups is 1. The number of benzene rings is 1. The van der Waals surface area contributed by atoms with Crippen molar-refractivity contribution in [1.29, 1.82) is 0 Å². The maximum absolute atomic E-state index is 11.0. The molecule has 2 atom stereocenters. The number of hydrogen-bond donors (Lipinski definition) is 1. The van der Waals surface area contributed by atoms with Crippen LogP contribution in [-0.4, -0.2) is 52.6 Å². The van der Waals surface area contributed by atoms with Crippen LogP contribution in [0.4, 0.5) is 0 Å². The van der Waals surface area contributed by atoms with Crippen LogP contribution in [0.15, 0.2) is 30.3 Å². The van der Waals surface area contributed by atoms with Gasteiger partial charge in [-0.3, -0.25) is 14.6 Å². The number of aliphatic carboxylic acids is 1. The molecule has 0 aliphatic carbocycles. The van der Waals surface area contributed by atoms with Crippen LogP contribution in [0.2, 0.25) is 0 Å². The molecule has 0 amide bonds. The van der Waals surface area contributed by atoms with Crippen molar-refractivity contribution in [3.05, 3.63) is 35.9 Å². The highest BCUT2D eigenvalue weighted by Crippen LogP contribution is 2.27. The van der Waals surface area contributed by atoms with Crippen LogP contribution in [0.25, 0.3) is 0 Å². The third-order valence-electron chi connectivity index (χ3n) is 4.80. The summed E-state index contributed by atoms with van der Waals surface area (Å²) in [7, 11) is 0. The molecular formula is C17H24N2O2. The molecule has 0 saturated carbocycles. The molecule has 4 nitrogen and oxygen atoms in total. The van der Waals surface area contributed by atoms with Crippen LogP contribution in [0, 0.1) is 0 Å². The van der Waals surface area contributed by atoms with E-state index in [2.05, 4.69) is 40.1 Å². The monoisotopic (exact) mass is 288 g/mol. The Balaban J connectivity index is 1.55. The van der Waals surface area contributed by atoms with E-state index in [1.54, 1.807) is 0 Å². The maximum atomic E-state index is 11.0. The minimum absolute atomic E-state index is 0.254. The molecule has 0 bridgehead atoms. The van der Waals surface area contributed by atoms with Gasteiger partial charge in [-0.2, -0.15) is 0 Å². The van der Waals surface area contributed by atoms with E-state index in [1.165, 1.54) is 12.0 Å². The molecule has 114 valence electrons. The van der Waals surface area contributed by atoms with Crippen LogP contribution >= 0.6 is 0 Å². The summed E-state index contributed by atoms with van der Waals surface area (Å²) < 4.78 is 0. The lowest BCUT2D eigenvalue weighted by atomic mass is 10.1. The number of carboxylic acid groups (broad SMARTS) is 1. The van der Waals surface area contributed by atoms with Crippen molar-refractivity contribution < 1.29 is 9.90 Å². The Morgan fingerprint density at radius 1 is 1.19 bits per heavy atom. The topological polar surface area (TPSA) is 43.8 Å². The molecule has 1 aromatic rings. The fourth-order valence-electron chi connectivity index (χ4n) is 3.83. The van der Waals surface area contributed by atoms with Crippen LogP contribution in [-0.2, 0) is 11.3 Å². The molecule has 0 radical (unpaired) electrons. The molecule has 0 aromatic heterocycles. The molecule has 2 saturated heterocycles. The average molecular weight is 288 g/mol. The highest BCUT2D eigenvalue weighted by Gasteiger charge is 2.35. The summed E-state index contributed by atoms with van der Waals surface area (Å²) >= 11 is 0. The van der Waals surface area contributed by atoms with E-state index in [0.717, 1.165) is 39.0 Å². The second kappa shape index (κ2) is 6.58. The number of likely N-dealkylation sites (tertiary alicyclic amines) is 2. The summed E-state index contributed by atoms with van der Waals surface area (Å²) in [5.74, 6) is -0.661. The molecule has 4 heteroatoms. The number of hydrogen-bond acceptors (Lipinski definition) is 3. The van der Waals surface area contributed by atoms with Gasteiger partial charge in [0.15, 0.2) is 0 Å². The van der Waals surface area contributed by atoms with E-state index in [-0.39, 0.29) is 6.04 Å². The van der Waals surface area contributed by atoms with Gasteiger partial charge in [0, 0.05) is 31.7 Å². The van der Waals surface area contributed by atoms with Crippen molar-refractivity contribution in [2.45, 2.75) is 44.3 Å². The van der Waals surface area contributed by atoms with Crippen molar-refractivity contribution in [3.8, 4) is 0 Å². The van der Waals surface area contributed by atoms with Gasteiger partial charge in [-0.1, -0.05) is 30.3 Å². The first-order valence-corrected chi connectivity index (χ1v) is 7.96. The highest BCUT2D eigenvalue weighted by atomic mass is 16.4. The zero-order chi connectivity index (χ0) is 14.7. The lowest BCUT2D eigenvalue weighted by Crippen LogP contribution is -2.41. The van der Waals surface area contributed by atoms with Gasteiger partial charge in [-0.25, -0.2) is 0 Å². The summed E-state index contributed by atoms with van der Waals surface area (Å²) in [6.07, 6.45) is 3.66. The van der Waals surface area contributed by atoms with Crippen molar-refractivity contribution >= 4 is 5.97 Å². The molecular weight excluding hydrogens is 264 g/mol. The third-order valence-corrected chi connectivity index (χ3v) is 4.80. The highest BCUT2D eigenvalue weighted by molar-refractivity contribution is 5.67. The summed E-state index contributed by atoms with van der Waals surface area (Å²) in [6, 6.07) is 11.4. The van der Waals surface area contributed by atoms with Crippen molar-refractivity contribution in [2.24, 2.45) is 0 Å². The van der Waals surface area contributed by atoms with Crippen LogP contribution in [0.1, 0.15) is 31.2 Å². The summed E-state index contributed by atoms with van der Waals surface area (Å²) in [5, 5.41) is 9.04. The average Bonchev–Trinajstić information content (AvgIpc) is 3.08. The van der Waals surface area contributed by atoms with Crippen molar-refractivity contribution in [1.82, 2.24) is 9.80 Å². The first-order chi connectivity index (χ1) is 10.2. The lowest BCUT2D eigenvalue weighted by molar-refractivity contribution is -0.138. The largest absolute Gasteiger partial charge is 0.481 e. The van der Waals surface area contributed by atoms with E-state index in [0.29, 0.717) is 12.5 Å². The smallest absolute Gasteiger partial charge is 0.304 e. The van der Waals surface area contributed by atoms with Gasteiger partial charge in [-0.05, 0) is 31.4 Å². The van der Waals surface area contributed by atoms with Gasteiger partial charge in [0.05, 0.1) is 6.42 Å². The Bertz CT molecular complexity index is 477. The lowest BCUT2D eigenvalue weighted by Gasteiger charge is -2.29. The van der Waals surface area contributed by atoms with Gasteiger partial charge in [-0.15, -0.1) is 0 Å². The van der Waals surface area contributed by atoms with Gasteiger partial charge in [0.1, 0.15) is 0 Å². The molecule has 2 unspecified atom stereocenters. The second-order valence-corrected chi connectivity index (χ2v) is 6.29. The van der Waals surface area contributed by atoms with Crippen LogP contribution in [0.5, 0.6) is 0 Å². The Labute approximate surface area is 126 Å². The van der Waals surface area contributed by atoms with E-state index >= 15 is 0 Å². The van der Waals surface area contributed by atoms with Crippen LogP contribution in [0.3, 0.4) is 0 Å². The molecule has 2 heterocycles. The molecule has 2 aliphatic rings. The fraction of sp³-hybridized carbons (Fsp3) is 0.588. The molecule has 1 aromatic carbocycles. The minimum atomic E-state index is -0.661.